The smallest absolute Gasteiger partial charge is 0.462 e. The second-order valence-electron chi connectivity index (χ2n) is 29.9. The number of carbonyl (C=O) groups is 4. The van der Waals surface area contributed by atoms with Crippen molar-refractivity contribution in [3.8, 4) is 0 Å². The molecule has 3 N–H and O–H groups in total. The van der Waals surface area contributed by atoms with Gasteiger partial charge in [0.05, 0.1) is 26.4 Å². The number of phosphoric acid groups is 2. The summed E-state index contributed by atoms with van der Waals surface area (Å²) in [4.78, 5) is 73.0. The molecule has 0 bridgehead atoms. The number of rotatable bonds is 80. The normalized spacial score (nSPS) is 14.2. The maximum absolute atomic E-state index is 13.1. The maximum Gasteiger partial charge on any atom is 0.472 e. The summed E-state index contributed by atoms with van der Waals surface area (Å²) in [6, 6.07) is 0. The monoisotopic (exact) mass is 1470 g/mol. The van der Waals surface area contributed by atoms with Gasteiger partial charge in [-0.05, 0) is 37.5 Å². The van der Waals surface area contributed by atoms with Crippen LogP contribution in [0.5, 0.6) is 0 Å². The number of aliphatic hydroxyl groups excluding tert-OH is 1. The summed E-state index contributed by atoms with van der Waals surface area (Å²) in [6.45, 7) is 9.64. The van der Waals surface area contributed by atoms with E-state index >= 15 is 0 Å². The van der Waals surface area contributed by atoms with E-state index in [-0.39, 0.29) is 25.7 Å². The van der Waals surface area contributed by atoms with Crippen molar-refractivity contribution in [2.75, 3.05) is 39.6 Å². The summed E-state index contributed by atoms with van der Waals surface area (Å²) in [5, 5.41) is 10.6. The third-order valence-corrected chi connectivity index (χ3v) is 21.2. The van der Waals surface area contributed by atoms with Crippen LogP contribution in [0.15, 0.2) is 0 Å². The second-order valence-corrected chi connectivity index (χ2v) is 32.8. The highest BCUT2D eigenvalue weighted by Gasteiger charge is 2.30. The van der Waals surface area contributed by atoms with Crippen LogP contribution >= 0.6 is 15.6 Å². The first-order chi connectivity index (χ1) is 48.4. The predicted molar refractivity (Wildman–Crippen MR) is 409 cm³/mol. The predicted octanol–water partition coefficient (Wildman–Crippen LogP) is 24.3. The van der Waals surface area contributed by atoms with Crippen LogP contribution in [0.4, 0.5) is 0 Å². The van der Waals surface area contributed by atoms with Gasteiger partial charge in [-0.15, -0.1) is 0 Å². The van der Waals surface area contributed by atoms with Crippen molar-refractivity contribution in [1.82, 2.24) is 0 Å². The average molecular weight is 1470 g/mol. The van der Waals surface area contributed by atoms with E-state index in [9.17, 15) is 43.2 Å². The minimum atomic E-state index is -4.96. The third kappa shape index (κ3) is 73.0. The molecule has 19 heteroatoms. The Morgan fingerprint density at radius 3 is 0.760 bits per heavy atom. The van der Waals surface area contributed by atoms with Gasteiger partial charge in [-0.2, -0.15) is 0 Å². The molecule has 0 heterocycles. The fourth-order valence-corrected chi connectivity index (χ4v) is 14.1. The second kappa shape index (κ2) is 72.6. The number of unbranched alkanes of at least 4 members (excludes halogenated alkanes) is 49. The summed E-state index contributed by atoms with van der Waals surface area (Å²) in [5.74, 6) is -0.533. The summed E-state index contributed by atoms with van der Waals surface area (Å²) < 4.78 is 68.7. The Bertz CT molecular complexity index is 1930. The molecule has 0 radical (unpaired) electrons. The summed E-state index contributed by atoms with van der Waals surface area (Å²) in [7, 11) is -9.92. The van der Waals surface area contributed by atoms with Crippen LogP contribution in [0.2, 0.25) is 0 Å². The minimum Gasteiger partial charge on any atom is -0.462 e. The lowest BCUT2D eigenvalue weighted by Crippen LogP contribution is -2.30. The summed E-state index contributed by atoms with van der Waals surface area (Å²) >= 11 is 0. The van der Waals surface area contributed by atoms with E-state index < -0.39 is 97.5 Å². The number of hydrogen-bond acceptors (Lipinski definition) is 15. The topological polar surface area (TPSA) is 237 Å². The van der Waals surface area contributed by atoms with Crippen molar-refractivity contribution in [2.24, 2.45) is 11.8 Å². The Morgan fingerprint density at radius 1 is 0.290 bits per heavy atom. The molecule has 0 saturated carbocycles. The van der Waals surface area contributed by atoms with Crippen LogP contribution < -0.4 is 0 Å². The SMILES string of the molecule is CCCCCCCCCCCCCCCCCCC(=O)OC[C@H](COP(=O)(O)OC[C@@H](O)COP(=O)(O)OC[C@@H](COC(=O)CCCCCCCCCC(C)C)OC(=O)CCCCCCCCCCCCCC)OC(=O)CCCCCCCCCCCCCCCCCCCCC(C)CC. The van der Waals surface area contributed by atoms with E-state index in [1.54, 1.807) is 0 Å². The van der Waals surface area contributed by atoms with Gasteiger partial charge in [0, 0.05) is 25.7 Å². The van der Waals surface area contributed by atoms with Crippen LogP contribution in [0.25, 0.3) is 0 Å². The average Bonchev–Trinajstić information content (AvgIpc) is 0.923. The molecule has 100 heavy (non-hydrogen) atoms. The van der Waals surface area contributed by atoms with Crippen molar-refractivity contribution in [3.05, 3.63) is 0 Å². The van der Waals surface area contributed by atoms with Gasteiger partial charge in [0.2, 0.25) is 0 Å². The van der Waals surface area contributed by atoms with Crippen molar-refractivity contribution in [3.63, 3.8) is 0 Å². The lowest BCUT2D eigenvalue weighted by Gasteiger charge is -2.21. The standard InChI is InChI=1S/C81H158O17P2/c1-7-10-12-14-16-18-20-22-23-29-32-36-39-45-51-57-63-78(83)91-69-76(97-81(86)66-60-54-47-41-37-33-30-27-25-24-26-28-31-34-38-44-50-56-62-74(6)9-3)71-95-99(87,88)93-67-75(82)68-94-100(89,90)96-72-77(70-92-79(84)64-58-52-48-42-43-49-55-61-73(4)5)98-80(85)65-59-53-46-40-35-21-19-17-15-13-11-8-2/h73-77,82H,7-72H2,1-6H3,(H,87,88)(H,89,90)/t74?,75-,76-,77-/m1/s1. The number of aliphatic hydroxyl groups is 1. The zero-order valence-electron chi connectivity index (χ0n) is 65.5. The summed E-state index contributed by atoms with van der Waals surface area (Å²) in [5.41, 5.74) is 0. The molecule has 0 spiro atoms. The molecule has 0 fully saturated rings. The van der Waals surface area contributed by atoms with E-state index in [0.717, 1.165) is 102 Å². The molecule has 0 saturated heterocycles. The van der Waals surface area contributed by atoms with Gasteiger partial charge in [-0.1, -0.05) is 375 Å². The van der Waals surface area contributed by atoms with Gasteiger partial charge in [-0.25, -0.2) is 9.13 Å². The lowest BCUT2D eigenvalue weighted by molar-refractivity contribution is -0.161. The molecule has 0 aromatic rings. The molecular weight excluding hydrogens is 1310 g/mol. The molecule has 6 atom stereocenters. The van der Waals surface area contributed by atoms with Gasteiger partial charge < -0.3 is 33.8 Å². The van der Waals surface area contributed by atoms with Gasteiger partial charge >= 0.3 is 39.5 Å². The van der Waals surface area contributed by atoms with Crippen molar-refractivity contribution < 1.29 is 80.2 Å². The number of phosphoric ester groups is 2. The van der Waals surface area contributed by atoms with Gasteiger partial charge in [0.25, 0.3) is 0 Å². The molecule has 0 aromatic heterocycles. The Labute approximate surface area is 613 Å². The number of carbonyl (C=O) groups excluding carboxylic acids is 4. The Hall–Kier alpha value is -1.94. The van der Waals surface area contributed by atoms with Gasteiger partial charge in [0.1, 0.15) is 19.3 Å². The zero-order valence-corrected chi connectivity index (χ0v) is 67.3. The molecule has 594 valence electrons. The zero-order chi connectivity index (χ0) is 73.5. The van der Waals surface area contributed by atoms with E-state index in [0.29, 0.717) is 31.6 Å². The van der Waals surface area contributed by atoms with Crippen LogP contribution in [0.3, 0.4) is 0 Å². The lowest BCUT2D eigenvalue weighted by atomic mass is 9.99. The summed E-state index contributed by atoms with van der Waals surface area (Å²) in [6.07, 6.45) is 62.5. The van der Waals surface area contributed by atoms with Crippen molar-refractivity contribution >= 4 is 39.5 Å². The molecule has 0 aromatic carbocycles. The molecular formula is C81H158O17P2. The van der Waals surface area contributed by atoms with Gasteiger partial charge in [-0.3, -0.25) is 37.3 Å². The largest absolute Gasteiger partial charge is 0.472 e. The molecule has 17 nitrogen and oxygen atoms in total. The van der Waals surface area contributed by atoms with E-state index in [2.05, 4.69) is 41.5 Å². The fourth-order valence-electron chi connectivity index (χ4n) is 12.5. The molecule has 0 aliphatic heterocycles. The first kappa shape index (κ1) is 98.1. The first-order valence-corrected chi connectivity index (χ1v) is 45.0. The Morgan fingerprint density at radius 2 is 0.510 bits per heavy atom. The molecule has 0 aliphatic carbocycles. The number of hydrogen-bond donors (Lipinski definition) is 3. The number of ether oxygens (including phenoxy) is 4. The molecule has 0 aliphatic rings. The quantitative estimate of drug-likeness (QED) is 0.0222. The van der Waals surface area contributed by atoms with Crippen molar-refractivity contribution in [2.45, 2.75) is 445 Å². The third-order valence-electron chi connectivity index (χ3n) is 19.3. The van der Waals surface area contributed by atoms with E-state index in [1.807, 2.05) is 0 Å². The van der Waals surface area contributed by atoms with Crippen LogP contribution in [0.1, 0.15) is 427 Å². The van der Waals surface area contributed by atoms with E-state index in [4.69, 9.17) is 37.0 Å². The minimum absolute atomic E-state index is 0.107. The fraction of sp³-hybridized carbons (Fsp3) is 0.951. The Kier molecular flexibility index (Phi) is 71.2. The highest BCUT2D eigenvalue weighted by atomic mass is 31.2. The highest BCUT2D eigenvalue weighted by molar-refractivity contribution is 7.47. The van der Waals surface area contributed by atoms with Crippen LogP contribution in [-0.2, 0) is 65.4 Å². The Balaban J connectivity index is 5.20. The first-order valence-electron chi connectivity index (χ1n) is 42.0. The van der Waals surface area contributed by atoms with E-state index in [1.165, 1.54) is 238 Å². The maximum atomic E-state index is 13.1. The van der Waals surface area contributed by atoms with Crippen LogP contribution in [-0.4, -0.2) is 96.7 Å². The molecule has 0 rings (SSSR count). The molecule has 0 amide bonds. The van der Waals surface area contributed by atoms with Gasteiger partial charge in [0.15, 0.2) is 12.2 Å². The molecule has 3 unspecified atom stereocenters. The highest BCUT2D eigenvalue weighted by Crippen LogP contribution is 2.45. The van der Waals surface area contributed by atoms with Crippen molar-refractivity contribution in [1.29, 1.82) is 0 Å². The number of esters is 4. The van der Waals surface area contributed by atoms with Crippen LogP contribution in [0, 0.1) is 11.8 Å².